The van der Waals surface area contributed by atoms with E-state index in [9.17, 15) is 4.79 Å². The molecule has 0 saturated carbocycles. The van der Waals surface area contributed by atoms with E-state index in [1.54, 1.807) is 33.4 Å². The molecule has 1 N–H and O–H groups in total. The molecule has 6 rings (SSSR count). The van der Waals surface area contributed by atoms with Crippen molar-refractivity contribution < 1.29 is 23.7 Å². The first-order valence-electron chi connectivity index (χ1n) is 14.3. The number of halogens is 1. The Hall–Kier alpha value is -3.75. The first kappa shape index (κ1) is 29.7. The molecule has 2 bridgehead atoms. The molecule has 0 aliphatic carbocycles. The highest BCUT2D eigenvalue weighted by molar-refractivity contribution is 6.49. The molecule has 3 aliphatic heterocycles. The van der Waals surface area contributed by atoms with Crippen LogP contribution in [0.15, 0.2) is 65.7 Å². The second kappa shape index (κ2) is 13.5. The third kappa shape index (κ3) is 6.82. The van der Waals surface area contributed by atoms with E-state index in [1.807, 2.05) is 48.5 Å². The quantitative estimate of drug-likeness (QED) is 0.279. The van der Waals surface area contributed by atoms with Crippen molar-refractivity contribution in [3.05, 3.63) is 82.4 Å². The Balaban J connectivity index is 1.36. The number of methoxy groups -OCH3 is 2. The zero-order chi connectivity index (χ0) is 29.5. The van der Waals surface area contributed by atoms with Crippen molar-refractivity contribution in [2.45, 2.75) is 32.5 Å². The fourth-order valence-electron chi connectivity index (χ4n) is 5.59. The lowest BCUT2D eigenvalue weighted by Gasteiger charge is -2.48. The standard InChI is InChI=1S/C33H38ClN3O5/c1-35-30(32(38)36-22-33-14-17-37(18-15-33)19-16-33)27-12-13-28(41-20-23-4-8-25(39-2)9-5-23)31(29(27)34)42-21-24-6-10-26(40-3)11-7-24/h4-13H,14-22H2,1-3H3,(H,36,38). The van der Waals surface area contributed by atoms with Gasteiger partial charge in [0.05, 0.1) is 19.2 Å². The van der Waals surface area contributed by atoms with Crippen LogP contribution >= 0.6 is 11.6 Å². The van der Waals surface area contributed by atoms with Crippen molar-refractivity contribution in [3.63, 3.8) is 0 Å². The number of amides is 1. The summed E-state index contributed by atoms with van der Waals surface area (Å²) in [5, 5.41) is 3.44. The third-order valence-corrected chi connectivity index (χ3v) is 8.72. The van der Waals surface area contributed by atoms with E-state index >= 15 is 0 Å². The van der Waals surface area contributed by atoms with Gasteiger partial charge in [-0.25, -0.2) is 0 Å². The highest BCUT2D eigenvalue weighted by Gasteiger charge is 2.39. The number of ether oxygens (including phenoxy) is 4. The summed E-state index contributed by atoms with van der Waals surface area (Å²) in [6, 6.07) is 18.8. The number of carbonyl (C=O) groups excluding carboxylic acids is 1. The Kier molecular flexibility index (Phi) is 9.55. The fraction of sp³-hybridized carbons (Fsp3) is 0.394. The Labute approximate surface area is 252 Å². The molecule has 8 nitrogen and oxygen atoms in total. The topological polar surface area (TPSA) is 81.6 Å². The second-order valence-corrected chi connectivity index (χ2v) is 11.3. The first-order chi connectivity index (χ1) is 20.4. The zero-order valence-electron chi connectivity index (χ0n) is 24.5. The van der Waals surface area contributed by atoms with Crippen molar-refractivity contribution in [1.29, 1.82) is 0 Å². The van der Waals surface area contributed by atoms with Gasteiger partial charge in [0.2, 0.25) is 0 Å². The fourth-order valence-corrected chi connectivity index (χ4v) is 5.89. The van der Waals surface area contributed by atoms with E-state index in [1.165, 1.54) is 0 Å². The molecule has 9 heteroatoms. The lowest BCUT2D eigenvalue weighted by molar-refractivity contribution is -0.115. The lowest BCUT2D eigenvalue weighted by Crippen LogP contribution is -2.53. The molecular formula is C33H38ClN3O5. The van der Waals surface area contributed by atoms with Gasteiger partial charge in [-0.15, -0.1) is 0 Å². The van der Waals surface area contributed by atoms with Crippen LogP contribution in [0.25, 0.3) is 0 Å². The second-order valence-electron chi connectivity index (χ2n) is 10.9. The summed E-state index contributed by atoms with van der Waals surface area (Å²) in [6.07, 6.45) is 3.32. The maximum atomic E-state index is 13.4. The monoisotopic (exact) mass is 591 g/mol. The van der Waals surface area contributed by atoms with Crippen LogP contribution in [-0.4, -0.2) is 64.0 Å². The van der Waals surface area contributed by atoms with Gasteiger partial charge in [-0.3, -0.25) is 9.79 Å². The minimum atomic E-state index is -0.241. The van der Waals surface area contributed by atoms with Crippen molar-refractivity contribution in [2.24, 2.45) is 10.4 Å². The molecule has 0 spiro atoms. The summed E-state index contributed by atoms with van der Waals surface area (Å²) in [5.74, 6) is 2.11. The van der Waals surface area contributed by atoms with Gasteiger partial charge in [-0.1, -0.05) is 35.9 Å². The largest absolute Gasteiger partial charge is 0.497 e. The average Bonchev–Trinajstić information content (AvgIpc) is 3.05. The van der Waals surface area contributed by atoms with Gasteiger partial charge in [0.25, 0.3) is 5.91 Å². The Bertz CT molecular complexity index is 1390. The number of hydrogen-bond acceptors (Lipinski definition) is 7. The first-order valence-corrected chi connectivity index (χ1v) is 14.6. The normalized spacial score (nSPS) is 19.7. The van der Waals surface area contributed by atoms with Crippen LogP contribution in [0.3, 0.4) is 0 Å². The van der Waals surface area contributed by atoms with Gasteiger partial charge in [0, 0.05) is 19.2 Å². The molecule has 1 amide bonds. The molecule has 0 unspecified atom stereocenters. The number of benzene rings is 3. The highest BCUT2D eigenvalue weighted by atomic mass is 35.5. The summed E-state index contributed by atoms with van der Waals surface area (Å²) >= 11 is 6.97. The lowest BCUT2D eigenvalue weighted by atomic mass is 9.72. The van der Waals surface area contributed by atoms with Crippen LogP contribution < -0.4 is 24.3 Å². The van der Waals surface area contributed by atoms with Crippen LogP contribution in [0.2, 0.25) is 5.02 Å². The van der Waals surface area contributed by atoms with Crippen molar-refractivity contribution in [3.8, 4) is 23.0 Å². The van der Waals surface area contributed by atoms with Gasteiger partial charge in [-0.05, 0) is 91.8 Å². The summed E-state index contributed by atoms with van der Waals surface area (Å²) in [4.78, 5) is 20.3. The summed E-state index contributed by atoms with van der Waals surface area (Å²) in [7, 11) is 4.87. The molecule has 42 heavy (non-hydrogen) atoms. The molecule has 3 heterocycles. The molecule has 3 fully saturated rings. The van der Waals surface area contributed by atoms with Crippen LogP contribution in [0.1, 0.15) is 36.0 Å². The molecule has 3 saturated heterocycles. The molecule has 3 aromatic rings. The number of piperidine rings is 3. The van der Waals surface area contributed by atoms with Crippen LogP contribution in [0.5, 0.6) is 23.0 Å². The number of rotatable bonds is 12. The minimum Gasteiger partial charge on any atom is -0.497 e. The molecule has 3 aliphatic rings. The summed E-state index contributed by atoms with van der Waals surface area (Å²) in [6.45, 7) is 4.49. The van der Waals surface area contributed by atoms with E-state index in [-0.39, 0.29) is 28.7 Å². The number of nitrogens with one attached hydrogen (secondary N) is 1. The maximum absolute atomic E-state index is 13.4. The molecule has 3 aromatic carbocycles. The van der Waals surface area contributed by atoms with E-state index < -0.39 is 0 Å². The molecule has 0 atom stereocenters. The number of nitrogens with zero attached hydrogens (tertiary/aromatic N) is 2. The predicted molar refractivity (Wildman–Crippen MR) is 164 cm³/mol. The minimum absolute atomic E-state index is 0.166. The molecule has 0 radical (unpaired) electrons. The Morgan fingerprint density at radius 3 is 1.93 bits per heavy atom. The van der Waals surface area contributed by atoms with E-state index in [0.717, 1.165) is 61.5 Å². The molecular weight excluding hydrogens is 554 g/mol. The van der Waals surface area contributed by atoms with Gasteiger partial charge in [-0.2, -0.15) is 0 Å². The summed E-state index contributed by atoms with van der Waals surface area (Å²) < 4.78 is 22.9. The number of aliphatic imine (C=N–C) groups is 1. The smallest absolute Gasteiger partial charge is 0.270 e. The van der Waals surface area contributed by atoms with Crippen LogP contribution in [-0.2, 0) is 18.0 Å². The van der Waals surface area contributed by atoms with Crippen LogP contribution in [0.4, 0.5) is 0 Å². The highest BCUT2D eigenvalue weighted by Crippen LogP contribution is 2.41. The number of carbonyl (C=O) groups is 1. The Morgan fingerprint density at radius 2 is 1.40 bits per heavy atom. The number of fused-ring (bicyclic) bond motifs is 3. The van der Waals surface area contributed by atoms with Crippen LogP contribution in [0, 0.1) is 5.41 Å². The van der Waals surface area contributed by atoms with Gasteiger partial charge >= 0.3 is 0 Å². The number of hydrogen-bond donors (Lipinski definition) is 1. The van der Waals surface area contributed by atoms with E-state index in [0.29, 0.717) is 30.2 Å². The SMILES string of the molecule is CN=C(C(=O)NCC12CCN(CC1)CC2)c1ccc(OCc2ccc(OC)cc2)c(OCc2ccc(OC)cc2)c1Cl. The predicted octanol–water partition coefficient (Wildman–Crippen LogP) is 5.54. The average molecular weight is 592 g/mol. The molecule has 222 valence electrons. The zero-order valence-corrected chi connectivity index (χ0v) is 25.2. The van der Waals surface area contributed by atoms with Crippen molar-refractivity contribution in [1.82, 2.24) is 10.2 Å². The molecule has 0 aromatic heterocycles. The van der Waals surface area contributed by atoms with Crippen molar-refractivity contribution in [2.75, 3.05) is 47.4 Å². The van der Waals surface area contributed by atoms with E-state index in [4.69, 9.17) is 30.5 Å². The van der Waals surface area contributed by atoms with Crippen molar-refractivity contribution >= 4 is 23.2 Å². The van der Waals surface area contributed by atoms with E-state index in [2.05, 4.69) is 15.2 Å². The maximum Gasteiger partial charge on any atom is 0.270 e. The summed E-state index contributed by atoms with van der Waals surface area (Å²) in [5.41, 5.74) is 2.81. The van der Waals surface area contributed by atoms with Gasteiger partial charge < -0.3 is 29.2 Å². The third-order valence-electron chi connectivity index (χ3n) is 8.35. The van der Waals surface area contributed by atoms with Gasteiger partial charge in [0.1, 0.15) is 30.4 Å². The Morgan fingerprint density at radius 1 is 0.857 bits per heavy atom. The van der Waals surface area contributed by atoms with Gasteiger partial charge in [0.15, 0.2) is 11.5 Å².